The number of hydrogen-bond donors (Lipinski definition) is 2. The minimum absolute atomic E-state index is 0.0734. The topological polar surface area (TPSA) is 84.3 Å². The third-order valence-electron chi connectivity index (χ3n) is 2.20. The van der Waals surface area contributed by atoms with Gasteiger partial charge in [-0.1, -0.05) is 0 Å². The van der Waals surface area contributed by atoms with Crippen LogP contribution in [0.2, 0.25) is 0 Å². The minimum Gasteiger partial charge on any atom is -0.379 e. The molecule has 6 nitrogen and oxygen atoms in total. The molecule has 0 aliphatic rings. The van der Waals surface area contributed by atoms with Crippen LogP contribution in [0.3, 0.4) is 0 Å². The summed E-state index contributed by atoms with van der Waals surface area (Å²) in [5.74, 6) is -0.731. The molecular weight excluding hydrogens is 241 g/mol. The van der Waals surface area contributed by atoms with Crippen LogP contribution in [-0.4, -0.2) is 23.9 Å². The Bertz CT molecular complexity index is 451. The van der Waals surface area contributed by atoms with Gasteiger partial charge in [0.25, 0.3) is 5.69 Å². The third-order valence-corrected chi connectivity index (χ3v) is 2.20. The van der Waals surface area contributed by atoms with Crippen LogP contribution >= 0.6 is 0 Å². The van der Waals surface area contributed by atoms with Crippen molar-refractivity contribution in [2.24, 2.45) is 0 Å². The van der Waals surface area contributed by atoms with Gasteiger partial charge in [-0.05, 0) is 13.0 Å². The average molecular weight is 255 g/mol. The standard InChI is InChI=1S/C11H14FN3O3/c1-2-13-11(16)5-6-14-9-7-8(12)3-4-10(9)15(17)18/h3-4,7,14H,2,5-6H2,1H3,(H,13,16). The fourth-order valence-corrected chi connectivity index (χ4v) is 1.41. The van der Waals surface area contributed by atoms with Crippen LogP contribution in [0.15, 0.2) is 18.2 Å². The molecule has 1 aromatic carbocycles. The monoisotopic (exact) mass is 255 g/mol. The van der Waals surface area contributed by atoms with Gasteiger partial charge in [0.2, 0.25) is 5.91 Å². The summed E-state index contributed by atoms with van der Waals surface area (Å²) < 4.78 is 13.0. The number of nitrogens with zero attached hydrogens (tertiary/aromatic N) is 1. The third kappa shape index (κ3) is 4.00. The highest BCUT2D eigenvalue weighted by Gasteiger charge is 2.14. The smallest absolute Gasteiger partial charge is 0.292 e. The number of anilines is 1. The van der Waals surface area contributed by atoms with E-state index >= 15 is 0 Å². The van der Waals surface area contributed by atoms with Crippen molar-refractivity contribution in [1.82, 2.24) is 5.32 Å². The Kier molecular flexibility index (Phi) is 5.04. The van der Waals surface area contributed by atoms with Gasteiger partial charge in [-0.2, -0.15) is 0 Å². The largest absolute Gasteiger partial charge is 0.379 e. The van der Waals surface area contributed by atoms with Crippen LogP contribution in [0.1, 0.15) is 13.3 Å². The first-order valence-corrected chi connectivity index (χ1v) is 5.49. The number of hydrogen-bond acceptors (Lipinski definition) is 4. The Morgan fingerprint density at radius 1 is 1.50 bits per heavy atom. The molecule has 18 heavy (non-hydrogen) atoms. The van der Waals surface area contributed by atoms with Crippen LogP contribution in [0.4, 0.5) is 15.8 Å². The van der Waals surface area contributed by atoms with Crippen molar-refractivity contribution < 1.29 is 14.1 Å². The molecule has 1 amide bonds. The van der Waals surface area contributed by atoms with Gasteiger partial charge >= 0.3 is 0 Å². The zero-order chi connectivity index (χ0) is 13.5. The first-order valence-electron chi connectivity index (χ1n) is 5.49. The van der Waals surface area contributed by atoms with Gasteiger partial charge in [0.05, 0.1) is 4.92 Å². The van der Waals surface area contributed by atoms with E-state index in [9.17, 15) is 19.3 Å². The number of carbonyl (C=O) groups is 1. The van der Waals surface area contributed by atoms with E-state index in [0.717, 1.165) is 18.2 Å². The second-order valence-corrected chi connectivity index (χ2v) is 3.55. The van der Waals surface area contributed by atoms with Crippen molar-refractivity contribution in [3.8, 4) is 0 Å². The fraction of sp³-hybridized carbons (Fsp3) is 0.364. The molecule has 0 atom stereocenters. The minimum atomic E-state index is -0.603. The zero-order valence-corrected chi connectivity index (χ0v) is 9.90. The molecule has 0 bridgehead atoms. The Balaban J connectivity index is 2.63. The van der Waals surface area contributed by atoms with Crippen molar-refractivity contribution in [3.05, 3.63) is 34.1 Å². The van der Waals surface area contributed by atoms with E-state index in [2.05, 4.69) is 10.6 Å². The quantitative estimate of drug-likeness (QED) is 0.598. The van der Waals surface area contributed by atoms with E-state index in [1.54, 1.807) is 6.92 Å². The summed E-state index contributed by atoms with van der Waals surface area (Å²) in [6, 6.07) is 3.15. The van der Waals surface area contributed by atoms with Crippen LogP contribution in [0, 0.1) is 15.9 Å². The number of halogens is 1. The molecule has 0 unspecified atom stereocenters. The Morgan fingerprint density at radius 3 is 2.83 bits per heavy atom. The highest BCUT2D eigenvalue weighted by molar-refractivity contribution is 5.76. The molecule has 0 heterocycles. The molecule has 0 fully saturated rings. The maximum atomic E-state index is 13.0. The van der Waals surface area contributed by atoms with Crippen LogP contribution < -0.4 is 10.6 Å². The molecular formula is C11H14FN3O3. The molecule has 0 aromatic heterocycles. The number of benzene rings is 1. The second kappa shape index (κ2) is 6.53. The molecule has 2 N–H and O–H groups in total. The lowest BCUT2D eigenvalue weighted by Gasteiger charge is -2.07. The summed E-state index contributed by atoms with van der Waals surface area (Å²) in [5, 5.41) is 16.0. The molecule has 0 aliphatic carbocycles. The predicted molar refractivity (Wildman–Crippen MR) is 64.8 cm³/mol. The number of nitro benzene ring substituents is 1. The molecule has 1 rings (SSSR count). The summed E-state index contributed by atoms with van der Waals surface area (Å²) in [5.41, 5.74) is -0.142. The molecule has 0 spiro atoms. The van der Waals surface area contributed by atoms with Crippen molar-refractivity contribution in [1.29, 1.82) is 0 Å². The van der Waals surface area contributed by atoms with Gasteiger partial charge in [0.15, 0.2) is 0 Å². The summed E-state index contributed by atoms with van der Waals surface area (Å²) >= 11 is 0. The molecule has 0 saturated carbocycles. The number of carbonyl (C=O) groups excluding carboxylic acids is 1. The van der Waals surface area contributed by atoms with E-state index < -0.39 is 10.7 Å². The normalized spacial score (nSPS) is 9.89. The summed E-state index contributed by atoms with van der Waals surface area (Å²) in [7, 11) is 0. The lowest BCUT2D eigenvalue weighted by molar-refractivity contribution is -0.384. The van der Waals surface area contributed by atoms with Gasteiger partial charge in [-0.15, -0.1) is 0 Å². The van der Waals surface area contributed by atoms with Gasteiger partial charge in [-0.25, -0.2) is 4.39 Å². The van der Waals surface area contributed by atoms with Crippen molar-refractivity contribution >= 4 is 17.3 Å². The maximum Gasteiger partial charge on any atom is 0.292 e. The Morgan fingerprint density at radius 2 is 2.22 bits per heavy atom. The van der Waals surface area contributed by atoms with E-state index in [4.69, 9.17) is 0 Å². The molecule has 0 aliphatic heterocycles. The maximum absolute atomic E-state index is 13.0. The van der Waals surface area contributed by atoms with Crippen molar-refractivity contribution in [2.75, 3.05) is 18.4 Å². The molecule has 7 heteroatoms. The highest BCUT2D eigenvalue weighted by Crippen LogP contribution is 2.24. The van der Waals surface area contributed by atoms with Gasteiger partial charge < -0.3 is 10.6 Å². The summed E-state index contributed by atoms with van der Waals surface area (Å²) in [6.45, 7) is 2.53. The SMILES string of the molecule is CCNC(=O)CCNc1cc(F)ccc1[N+](=O)[O-]. The fourth-order valence-electron chi connectivity index (χ4n) is 1.41. The first kappa shape index (κ1) is 13.9. The molecule has 1 aromatic rings. The lowest BCUT2D eigenvalue weighted by atomic mass is 10.2. The lowest BCUT2D eigenvalue weighted by Crippen LogP contribution is -2.24. The van der Waals surface area contributed by atoms with E-state index in [1.165, 1.54) is 0 Å². The van der Waals surface area contributed by atoms with Crippen LogP contribution in [-0.2, 0) is 4.79 Å². The Hall–Kier alpha value is -2.18. The zero-order valence-electron chi connectivity index (χ0n) is 9.90. The van der Waals surface area contributed by atoms with Gasteiger partial charge in [0, 0.05) is 31.6 Å². The number of amides is 1. The van der Waals surface area contributed by atoms with Crippen LogP contribution in [0.25, 0.3) is 0 Å². The second-order valence-electron chi connectivity index (χ2n) is 3.55. The van der Waals surface area contributed by atoms with E-state index in [-0.39, 0.29) is 30.2 Å². The summed E-state index contributed by atoms with van der Waals surface area (Å²) in [4.78, 5) is 21.3. The Labute approximate surface area is 103 Å². The van der Waals surface area contributed by atoms with E-state index in [0.29, 0.717) is 6.54 Å². The molecule has 98 valence electrons. The van der Waals surface area contributed by atoms with Gasteiger partial charge in [-0.3, -0.25) is 14.9 Å². The predicted octanol–water partition coefficient (Wildman–Crippen LogP) is 1.67. The van der Waals surface area contributed by atoms with Crippen LogP contribution in [0.5, 0.6) is 0 Å². The molecule has 0 saturated heterocycles. The average Bonchev–Trinajstić information content (AvgIpc) is 2.29. The van der Waals surface area contributed by atoms with Gasteiger partial charge in [0.1, 0.15) is 11.5 Å². The van der Waals surface area contributed by atoms with Crippen molar-refractivity contribution in [2.45, 2.75) is 13.3 Å². The molecule has 0 radical (unpaired) electrons. The highest BCUT2D eigenvalue weighted by atomic mass is 19.1. The number of nitrogens with one attached hydrogen (secondary N) is 2. The van der Waals surface area contributed by atoms with Crippen molar-refractivity contribution in [3.63, 3.8) is 0 Å². The number of nitro groups is 1. The van der Waals surface area contributed by atoms with E-state index in [1.807, 2.05) is 0 Å². The first-order chi connectivity index (χ1) is 8.54. The number of rotatable bonds is 6. The summed E-state index contributed by atoms with van der Waals surface area (Å²) in [6.07, 6.45) is 0.168.